The maximum absolute atomic E-state index is 11.3. The van der Waals surface area contributed by atoms with Gasteiger partial charge >= 0.3 is 0 Å². The summed E-state index contributed by atoms with van der Waals surface area (Å²) in [6, 6.07) is 0. The van der Waals surface area contributed by atoms with Crippen LogP contribution in [0.5, 0.6) is 0 Å². The minimum atomic E-state index is -0.278. The zero-order valence-electron chi connectivity index (χ0n) is 8.94. The second kappa shape index (κ2) is 5.94. The van der Waals surface area contributed by atoms with Crippen LogP contribution in [0.25, 0.3) is 0 Å². The Bertz CT molecular complexity index is 158. The van der Waals surface area contributed by atoms with Gasteiger partial charge in [-0.3, -0.25) is 4.79 Å². The normalized spacial score (nSPS) is 11.4. The second-order valence-electron chi connectivity index (χ2n) is 3.72. The highest BCUT2D eigenvalue weighted by Crippen LogP contribution is 2.01. The van der Waals surface area contributed by atoms with Gasteiger partial charge in [0.2, 0.25) is 5.91 Å². The van der Waals surface area contributed by atoms with Gasteiger partial charge in [0.25, 0.3) is 0 Å². The van der Waals surface area contributed by atoms with Crippen molar-refractivity contribution in [3.63, 3.8) is 0 Å². The molecule has 2 N–H and O–H groups in total. The summed E-state index contributed by atoms with van der Waals surface area (Å²) in [5.74, 6) is 0.0522. The van der Waals surface area contributed by atoms with E-state index >= 15 is 0 Å². The van der Waals surface area contributed by atoms with E-state index in [-0.39, 0.29) is 11.4 Å². The minimum Gasteiger partial charge on any atom is -0.382 e. The molecule has 0 spiro atoms. The Morgan fingerprint density at radius 1 is 1.46 bits per heavy atom. The number of hydrogen-bond acceptors (Lipinski definition) is 3. The summed E-state index contributed by atoms with van der Waals surface area (Å²) in [6.45, 7) is 5.11. The average Bonchev–Trinajstić information content (AvgIpc) is 1.99. The molecule has 0 radical (unpaired) electrons. The van der Waals surface area contributed by atoms with Crippen molar-refractivity contribution in [2.75, 3.05) is 27.3 Å². The molecule has 0 aliphatic rings. The van der Waals surface area contributed by atoms with Crippen LogP contribution in [0.4, 0.5) is 0 Å². The van der Waals surface area contributed by atoms with Crippen LogP contribution in [0.15, 0.2) is 0 Å². The molecule has 78 valence electrons. The van der Waals surface area contributed by atoms with Crippen molar-refractivity contribution in [1.82, 2.24) is 10.6 Å². The summed E-state index contributed by atoms with van der Waals surface area (Å²) in [5.41, 5.74) is -0.278. The molecule has 0 saturated carbocycles. The molecule has 0 saturated heterocycles. The molecule has 1 amide bonds. The summed E-state index contributed by atoms with van der Waals surface area (Å²) in [7, 11) is 3.45. The Balaban J connectivity index is 3.75. The standard InChI is InChI=1S/C9H20N2O2/c1-9(2,7-13-4)11-8(12)5-6-10-3/h10H,5-7H2,1-4H3,(H,11,12). The van der Waals surface area contributed by atoms with Gasteiger partial charge in [-0.1, -0.05) is 0 Å². The molecule has 0 aromatic carbocycles. The van der Waals surface area contributed by atoms with E-state index in [0.29, 0.717) is 19.6 Å². The quantitative estimate of drug-likeness (QED) is 0.623. The van der Waals surface area contributed by atoms with Crippen molar-refractivity contribution in [1.29, 1.82) is 0 Å². The first kappa shape index (κ1) is 12.4. The van der Waals surface area contributed by atoms with Crippen molar-refractivity contribution in [3.05, 3.63) is 0 Å². The van der Waals surface area contributed by atoms with Crippen LogP contribution < -0.4 is 10.6 Å². The maximum Gasteiger partial charge on any atom is 0.221 e. The average molecular weight is 188 g/mol. The number of rotatable bonds is 6. The van der Waals surface area contributed by atoms with Crippen molar-refractivity contribution in [2.45, 2.75) is 25.8 Å². The summed E-state index contributed by atoms with van der Waals surface area (Å²) in [4.78, 5) is 11.3. The lowest BCUT2D eigenvalue weighted by Crippen LogP contribution is -2.47. The SMILES string of the molecule is CNCCC(=O)NC(C)(C)COC. The molecular formula is C9H20N2O2. The van der Waals surface area contributed by atoms with Crippen LogP contribution in [0.3, 0.4) is 0 Å². The summed E-state index contributed by atoms with van der Waals surface area (Å²) < 4.78 is 4.98. The van der Waals surface area contributed by atoms with Crippen LogP contribution in [-0.2, 0) is 9.53 Å². The Hall–Kier alpha value is -0.610. The van der Waals surface area contributed by atoms with Gasteiger partial charge in [-0.25, -0.2) is 0 Å². The van der Waals surface area contributed by atoms with Gasteiger partial charge in [0.05, 0.1) is 12.1 Å². The topological polar surface area (TPSA) is 50.4 Å². The first-order valence-electron chi connectivity index (χ1n) is 4.46. The lowest BCUT2D eigenvalue weighted by molar-refractivity contribution is -0.123. The van der Waals surface area contributed by atoms with E-state index < -0.39 is 0 Å². The fourth-order valence-electron chi connectivity index (χ4n) is 1.08. The molecule has 0 atom stereocenters. The molecule has 0 heterocycles. The minimum absolute atomic E-state index is 0.0522. The highest BCUT2D eigenvalue weighted by atomic mass is 16.5. The molecule has 0 unspecified atom stereocenters. The predicted molar refractivity (Wildman–Crippen MR) is 52.6 cm³/mol. The molecule has 13 heavy (non-hydrogen) atoms. The van der Waals surface area contributed by atoms with Crippen molar-refractivity contribution >= 4 is 5.91 Å². The molecule has 0 aromatic rings. The van der Waals surface area contributed by atoms with Crippen LogP contribution in [0, 0.1) is 0 Å². The number of carbonyl (C=O) groups is 1. The number of hydrogen-bond donors (Lipinski definition) is 2. The highest BCUT2D eigenvalue weighted by Gasteiger charge is 2.19. The third kappa shape index (κ3) is 6.54. The molecule has 0 aromatic heterocycles. The number of carbonyl (C=O) groups excluding carboxylic acids is 1. The first-order chi connectivity index (χ1) is 6.02. The third-order valence-corrected chi connectivity index (χ3v) is 1.59. The van der Waals surface area contributed by atoms with Gasteiger partial charge in [-0.05, 0) is 20.9 Å². The van der Waals surface area contributed by atoms with Gasteiger partial charge < -0.3 is 15.4 Å². The molecule has 0 aliphatic heterocycles. The third-order valence-electron chi connectivity index (χ3n) is 1.59. The number of amides is 1. The summed E-state index contributed by atoms with van der Waals surface area (Å²) >= 11 is 0. The van der Waals surface area contributed by atoms with E-state index in [4.69, 9.17) is 4.74 Å². The Labute approximate surface area is 80.0 Å². The number of ether oxygens (including phenoxy) is 1. The smallest absolute Gasteiger partial charge is 0.221 e. The van der Waals surface area contributed by atoms with E-state index in [1.54, 1.807) is 7.11 Å². The van der Waals surface area contributed by atoms with Crippen LogP contribution >= 0.6 is 0 Å². The number of methoxy groups -OCH3 is 1. The maximum atomic E-state index is 11.3. The van der Waals surface area contributed by atoms with E-state index in [2.05, 4.69) is 10.6 Å². The Morgan fingerprint density at radius 2 is 2.08 bits per heavy atom. The fraction of sp³-hybridized carbons (Fsp3) is 0.889. The molecular weight excluding hydrogens is 168 g/mol. The van der Waals surface area contributed by atoms with E-state index in [0.717, 1.165) is 0 Å². The van der Waals surface area contributed by atoms with Gasteiger partial charge in [0.15, 0.2) is 0 Å². The number of nitrogens with one attached hydrogen (secondary N) is 2. The van der Waals surface area contributed by atoms with Gasteiger partial charge in [0, 0.05) is 20.1 Å². The van der Waals surface area contributed by atoms with E-state index in [9.17, 15) is 4.79 Å². The van der Waals surface area contributed by atoms with Gasteiger partial charge in [-0.15, -0.1) is 0 Å². The lowest BCUT2D eigenvalue weighted by Gasteiger charge is -2.25. The molecule has 0 rings (SSSR count). The van der Waals surface area contributed by atoms with E-state index in [1.807, 2.05) is 20.9 Å². The Morgan fingerprint density at radius 3 is 2.54 bits per heavy atom. The zero-order valence-corrected chi connectivity index (χ0v) is 8.94. The van der Waals surface area contributed by atoms with Crippen molar-refractivity contribution in [3.8, 4) is 0 Å². The lowest BCUT2D eigenvalue weighted by atomic mass is 10.1. The predicted octanol–water partition coefficient (Wildman–Crippen LogP) is 0.137. The Kier molecular flexibility index (Phi) is 5.66. The molecule has 0 fully saturated rings. The zero-order chi connectivity index (χ0) is 10.3. The van der Waals surface area contributed by atoms with Gasteiger partial charge in [0.1, 0.15) is 0 Å². The second-order valence-corrected chi connectivity index (χ2v) is 3.72. The van der Waals surface area contributed by atoms with Crippen LogP contribution in [-0.4, -0.2) is 38.8 Å². The molecule has 4 nitrogen and oxygen atoms in total. The first-order valence-corrected chi connectivity index (χ1v) is 4.46. The largest absolute Gasteiger partial charge is 0.382 e. The molecule has 0 aliphatic carbocycles. The summed E-state index contributed by atoms with van der Waals surface area (Å²) in [6.07, 6.45) is 0.504. The van der Waals surface area contributed by atoms with E-state index in [1.165, 1.54) is 0 Å². The fourth-order valence-corrected chi connectivity index (χ4v) is 1.08. The van der Waals surface area contributed by atoms with Crippen LogP contribution in [0.1, 0.15) is 20.3 Å². The summed E-state index contributed by atoms with van der Waals surface area (Å²) in [5, 5.41) is 5.81. The van der Waals surface area contributed by atoms with Gasteiger partial charge in [-0.2, -0.15) is 0 Å². The highest BCUT2D eigenvalue weighted by molar-refractivity contribution is 5.76. The van der Waals surface area contributed by atoms with Crippen molar-refractivity contribution < 1.29 is 9.53 Å². The molecule has 4 heteroatoms. The van der Waals surface area contributed by atoms with Crippen molar-refractivity contribution in [2.24, 2.45) is 0 Å². The van der Waals surface area contributed by atoms with Crippen LogP contribution in [0.2, 0.25) is 0 Å². The monoisotopic (exact) mass is 188 g/mol. The molecule has 0 bridgehead atoms.